The Bertz CT molecular complexity index is 988. The second-order valence-corrected chi connectivity index (χ2v) is 11.2. The molecule has 7 nitrogen and oxygen atoms in total. The van der Waals surface area contributed by atoms with Crippen LogP contribution in [0.15, 0.2) is 17.3 Å². The molecule has 0 radical (unpaired) electrons. The van der Waals surface area contributed by atoms with Crippen LogP contribution in [0.5, 0.6) is 0 Å². The van der Waals surface area contributed by atoms with Crippen LogP contribution in [-0.4, -0.2) is 53.0 Å². The summed E-state index contributed by atoms with van der Waals surface area (Å²) in [6.07, 6.45) is -0.556. The number of nitrogens with one attached hydrogen (secondary N) is 1. The first kappa shape index (κ1) is 21.1. The zero-order chi connectivity index (χ0) is 20.7. The van der Waals surface area contributed by atoms with E-state index in [0.29, 0.717) is 0 Å². The lowest BCUT2D eigenvalue weighted by Crippen LogP contribution is -2.35. The Morgan fingerprint density at radius 3 is 2.36 bits per heavy atom. The highest BCUT2D eigenvalue weighted by Gasteiger charge is 2.43. The minimum absolute atomic E-state index is 0.0487. The fourth-order valence-corrected chi connectivity index (χ4v) is 5.19. The quantitative estimate of drug-likeness (QED) is 0.745. The molecule has 2 aliphatic heterocycles. The third-order valence-electron chi connectivity index (χ3n) is 4.75. The highest BCUT2D eigenvalue weighted by atomic mass is 32.2. The van der Waals surface area contributed by atoms with Crippen molar-refractivity contribution in [2.75, 3.05) is 24.3 Å². The SMILES string of the molecule is CS(=O)(=O)NC[C@H]1CC(c2cc(F)c(C3(F)CCS(=O)(=O)CC3)c(F)c2)=NO1. The molecule has 1 fully saturated rings. The van der Waals surface area contributed by atoms with Gasteiger partial charge in [0, 0.05) is 12.0 Å². The molecule has 28 heavy (non-hydrogen) atoms. The Hall–Kier alpha value is -1.66. The van der Waals surface area contributed by atoms with Crippen molar-refractivity contribution in [3.63, 3.8) is 0 Å². The number of benzene rings is 1. The van der Waals surface area contributed by atoms with Gasteiger partial charge >= 0.3 is 0 Å². The number of sulfonamides is 1. The van der Waals surface area contributed by atoms with E-state index in [1.807, 2.05) is 0 Å². The first-order valence-electron chi connectivity index (χ1n) is 8.45. The van der Waals surface area contributed by atoms with Crippen LogP contribution in [-0.2, 0) is 30.4 Å². The summed E-state index contributed by atoms with van der Waals surface area (Å²) in [4.78, 5) is 5.06. The van der Waals surface area contributed by atoms with Crippen molar-refractivity contribution in [3.8, 4) is 0 Å². The van der Waals surface area contributed by atoms with E-state index in [2.05, 4.69) is 9.88 Å². The van der Waals surface area contributed by atoms with Gasteiger partial charge in [-0.2, -0.15) is 0 Å². The van der Waals surface area contributed by atoms with E-state index < -0.39 is 73.2 Å². The molecule has 0 saturated carbocycles. The minimum Gasteiger partial charge on any atom is -0.390 e. The van der Waals surface area contributed by atoms with E-state index in [-0.39, 0.29) is 24.2 Å². The van der Waals surface area contributed by atoms with Gasteiger partial charge < -0.3 is 4.84 Å². The number of rotatable bonds is 5. The van der Waals surface area contributed by atoms with Gasteiger partial charge in [-0.15, -0.1) is 0 Å². The average molecular weight is 440 g/mol. The Morgan fingerprint density at radius 1 is 1.25 bits per heavy atom. The van der Waals surface area contributed by atoms with Gasteiger partial charge in [0.25, 0.3) is 0 Å². The summed E-state index contributed by atoms with van der Waals surface area (Å²) in [5.41, 5.74) is -2.93. The first-order chi connectivity index (χ1) is 12.9. The molecule has 156 valence electrons. The Balaban J connectivity index is 1.78. The molecular formula is C16H19F3N2O5S2. The standard InChI is InChI=1S/C16H19F3N2O5S2/c1-27(22,23)20-9-11-8-14(21-26-11)10-6-12(17)15(13(18)7-10)16(19)2-4-28(24,25)5-3-16/h6-7,11,20H,2-5,8-9H2,1H3/t11-/m1/s1. The van der Waals surface area contributed by atoms with Crippen LogP contribution in [0.3, 0.4) is 0 Å². The molecule has 1 atom stereocenters. The zero-order valence-corrected chi connectivity index (χ0v) is 16.5. The van der Waals surface area contributed by atoms with Crippen LogP contribution in [0.25, 0.3) is 0 Å². The van der Waals surface area contributed by atoms with Gasteiger partial charge in [-0.3, -0.25) is 0 Å². The molecule has 0 amide bonds. The lowest BCUT2D eigenvalue weighted by atomic mass is 9.87. The van der Waals surface area contributed by atoms with Gasteiger partial charge in [0.05, 0.1) is 35.6 Å². The average Bonchev–Trinajstić information content (AvgIpc) is 3.04. The maximum Gasteiger partial charge on any atom is 0.208 e. The largest absolute Gasteiger partial charge is 0.390 e. The molecule has 1 N–H and O–H groups in total. The van der Waals surface area contributed by atoms with Crippen molar-refractivity contribution < 1.29 is 34.8 Å². The second-order valence-electron chi connectivity index (χ2n) is 7.02. The van der Waals surface area contributed by atoms with Crippen LogP contribution in [0.4, 0.5) is 13.2 Å². The summed E-state index contributed by atoms with van der Waals surface area (Å²) in [7, 11) is -6.83. The normalized spacial score (nSPS) is 23.9. The molecule has 12 heteroatoms. The molecule has 0 spiro atoms. The third kappa shape index (κ3) is 4.66. The molecule has 0 bridgehead atoms. The molecule has 1 saturated heterocycles. The van der Waals surface area contributed by atoms with E-state index in [9.17, 15) is 25.6 Å². The van der Waals surface area contributed by atoms with E-state index in [4.69, 9.17) is 4.84 Å². The van der Waals surface area contributed by atoms with Crippen molar-refractivity contribution in [3.05, 3.63) is 34.9 Å². The predicted octanol–water partition coefficient (Wildman–Crippen LogP) is 1.38. The molecule has 0 aliphatic carbocycles. The fourth-order valence-electron chi connectivity index (χ4n) is 3.23. The van der Waals surface area contributed by atoms with Crippen molar-refractivity contribution in [1.29, 1.82) is 0 Å². The number of halogens is 3. The number of oxime groups is 1. The number of alkyl halides is 1. The maximum atomic E-state index is 15.1. The summed E-state index contributed by atoms with van der Waals surface area (Å²) in [6, 6.07) is 1.86. The summed E-state index contributed by atoms with van der Waals surface area (Å²) in [6.45, 7) is -0.0586. The third-order valence-corrected chi connectivity index (χ3v) is 7.09. The lowest BCUT2D eigenvalue weighted by Gasteiger charge is -2.30. The summed E-state index contributed by atoms with van der Waals surface area (Å²) in [5.74, 6) is -3.20. The van der Waals surface area contributed by atoms with Crippen molar-refractivity contribution in [1.82, 2.24) is 4.72 Å². The van der Waals surface area contributed by atoms with E-state index in [1.54, 1.807) is 0 Å². The Kier molecular flexibility index (Phi) is 5.49. The van der Waals surface area contributed by atoms with Gasteiger partial charge in [-0.25, -0.2) is 34.7 Å². The van der Waals surface area contributed by atoms with Gasteiger partial charge in [-0.05, 0) is 25.0 Å². The predicted molar refractivity (Wildman–Crippen MR) is 95.9 cm³/mol. The van der Waals surface area contributed by atoms with Crippen LogP contribution in [0.2, 0.25) is 0 Å². The molecule has 2 heterocycles. The van der Waals surface area contributed by atoms with Crippen molar-refractivity contribution in [2.45, 2.75) is 31.0 Å². The topological polar surface area (TPSA) is 102 Å². The Labute approximate surface area is 160 Å². The van der Waals surface area contributed by atoms with Crippen LogP contribution < -0.4 is 4.72 Å². The minimum atomic E-state index is -3.43. The number of hydrogen-bond acceptors (Lipinski definition) is 6. The monoisotopic (exact) mass is 440 g/mol. The van der Waals surface area contributed by atoms with Crippen LogP contribution in [0, 0.1) is 11.6 Å². The summed E-state index contributed by atoms with van der Waals surface area (Å²) < 4.78 is 91.7. The van der Waals surface area contributed by atoms with Gasteiger partial charge in [0.1, 0.15) is 23.4 Å². The van der Waals surface area contributed by atoms with Crippen molar-refractivity contribution >= 4 is 25.6 Å². The number of hydrogen-bond donors (Lipinski definition) is 1. The summed E-state index contributed by atoms with van der Waals surface area (Å²) in [5, 5.41) is 3.72. The van der Waals surface area contributed by atoms with E-state index >= 15 is 4.39 Å². The molecule has 1 aromatic carbocycles. The van der Waals surface area contributed by atoms with E-state index in [0.717, 1.165) is 18.4 Å². The van der Waals surface area contributed by atoms with Gasteiger partial charge in [-0.1, -0.05) is 5.16 Å². The van der Waals surface area contributed by atoms with Gasteiger partial charge in [0.2, 0.25) is 10.0 Å². The fraction of sp³-hybridized carbons (Fsp3) is 0.562. The smallest absolute Gasteiger partial charge is 0.208 e. The maximum absolute atomic E-state index is 15.1. The number of sulfone groups is 1. The molecular weight excluding hydrogens is 421 g/mol. The number of nitrogens with zero attached hydrogens (tertiary/aromatic N) is 1. The van der Waals surface area contributed by atoms with Crippen LogP contribution in [0.1, 0.15) is 30.4 Å². The molecule has 1 aromatic rings. The van der Waals surface area contributed by atoms with Gasteiger partial charge in [0.15, 0.2) is 9.84 Å². The molecule has 3 rings (SSSR count). The zero-order valence-electron chi connectivity index (χ0n) is 14.9. The molecule has 0 aromatic heterocycles. The highest BCUT2D eigenvalue weighted by Crippen LogP contribution is 2.41. The van der Waals surface area contributed by atoms with Crippen molar-refractivity contribution in [2.24, 2.45) is 5.16 Å². The second kappa shape index (κ2) is 7.30. The molecule has 2 aliphatic rings. The highest BCUT2D eigenvalue weighted by molar-refractivity contribution is 7.91. The Morgan fingerprint density at radius 2 is 1.82 bits per heavy atom. The summed E-state index contributed by atoms with van der Waals surface area (Å²) >= 11 is 0. The lowest BCUT2D eigenvalue weighted by molar-refractivity contribution is 0.0891. The molecule has 0 unspecified atom stereocenters. The van der Waals surface area contributed by atoms with Crippen LogP contribution >= 0.6 is 0 Å². The first-order valence-corrected chi connectivity index (χ1v) is 12.2. The van der Waals surface area contributed by atoms with E-state index in [1.165, 1.54) is 0 Å².